The van der Waals surface area contributed by atoms with Crippen LogP contribution >= 0.6 is 11.3 Å². The Morgan fingerprint density at radius 2 is 2.15 bits per heavy atom. The quantitative estimate of drug-likeness (QED) is 0.934. The van der Waals surface area contributed by atoms with Crippen LogP contribution in [-0.4, -0.2) is 18.6 Å². The average molecular weight is 287 g/mol. The van der Waals surface area contributed by atoms with Gasteiger partial charge in [-0.25, -0.2) is 4.98 Å². The molecule has 0 unspecified atom stereocenters. The largest absolute Gasteiger partial charge is 0.318 e. The summed E-state index contributed by atoms with van der Waals surface area (Å²) in [7, 11) is 1.99. The van der Waals surface area contributed by atoms with Gasteiger partial charge in [0, 0.05) is 23.7 Å². The SMILES string of the molecule is CNCc1sc(N2CCCCc3ccccc32)nc1C. The summed E-state index contributed by atoms with van der Waals surface area (Å²) in [5.41, 5.74) is 3.95. The van der Waals surface area contributed by atoms with E-state index >= 15 is 0 Å². The third-order valence-corrected chi connectivity index (χ3v) is 4.99. The number of nitrogens with one attached hydrogen (secondary N) is 1. The van der Waals surface area contributed by atoms with Crippen LogP contribution in [0.5, 0.6) is 0 Å². The summed E-state index contributed by atoms with van der Waals surface area (Å²) in [6, 6.07) is 8.76. The lowest BCUT2D eigenvalue weighted by molar-refractivity contribution is 0.760. The van der Waals surface area contributed by atoms with Crippen LogP contribution in [0.1, 0.15) is 29.0 Å². The number of aromatic nitrogens is 1. The molecule has 0 spiro atoms. The van der Waals surface area contributed by atoms with E-state index in [-0.39, 0.29) is 0 Å². The summed E-state index contributed by atoms with van der Waals surface area (Å²) in [5, 5.41) is 4.37. The Balaban J connectivity index is 1.99. The number of thiazole rings is 1. The lowest BCUT2D eigenvalue weighted by Gasteiger charge is -2.21. The van der Waals surface area contributed by atoms with E-state index < -0.39 is 0 Å². The first-order valence-corrected chi connectivity index (χ1v) is 8.07. The van der Waals surface area contributed by atoms with Crippen molar-refractivity contribution >= 4 is 22.2 Å². The monoisotopic (exact) mass is 287 g/mol. The smallest absolute Gasteiger partial charge is 0.190 e. The summed E-state index contributed by atoms with van der Waals surface area (Å²) in [4.78, 5) is 8.54. The van der Waals surface area contributed by atoms with Crippen LogP contribution in [0.4, 0.5) is 10.8 Å². The highest BCUT2D eigenvalue weighted by molar-refractivity contribution is 7.15. The van der Waals surface area contributed by atoms with E-state index in [0.717, 1.165) is 23.9 Å². The second-order valence-electron chi connectivity index (χ2n) is 5.27. The molecule has 1 aliphatic rings. The van der Waals surface area contributed by atoms with E-state index in [4.69, 9.17) is 4.98 Å². The number of benzene rings is 1. The minimum atomic E-state index is 0.902. The first-order valence-electron chi connectivity index (χ1n) is 7.26. The molecule has 1 aliphatic heterocycles. The van der Waals surface area contributed by atoms with Gasteiger partial charge in [-0.3, -0.25) is 0 Å². The molecule has 2 aromatic rings. The molecule has 3 nitrogen and oxygen atoms in total. The standard InChI is InChI=1S/C16H21N3S/c1-12-15(11-17-2)20-16(18-12)19-10-6-5-8-13-7-3-4-9-14(13)19/h3-4,7,9,17H,5-6,8,10-11H2,1-2H3. The van der Waals surface area contributed by atoms with Gasteiger partial charge in [0.2, 0.25) is 0 Å². The second kappa shape index (κ2) is 5.94. The van der Waals surface area contributed by atoms with Crippen molar-refractivity contribution in [2.24, 2.45) is 0 Å². The summed E-state index contributed by atoms with van der Waals surface area (Å²) in [6.45, 7) is 4.08. The van der Waals surface area contributed by atoms with Crippen molar-refractivity contribution in [1.82, 2.24) is 10.3 Å². The zero-order valence-corrected chi connectivity index (χ0v) is 13.0. The molecule has 1 aromatic carbocycles. The van der Waals surface area contributed by atoms with Crippen LogP contribution in [-0.2, 0) is 13.0 Å². The number of anilines is 2. The van der Waals surface area contributed by atoms with Crippen molar-refractivity contribution in [3.05, 3.63) is 40.4 Å². The van der Waals surface area contributed by atoms with Gasteiger partial charge in [-0.05, 0) is 44.9 Å². The first kappa shape index (κ1) is 13.6. The Bertz CT molecular complexity index is 591. The predicted molar refractivity (Wildman–Crippen MR) is 86.0 cm³/mol. The highest BCUT2D eigenvalue weighted by atomic mass is 32.1. The number of hydrogen-bond donors (Lipinski definition) is 1. The van der Waals surface area contributed by atoms with Gasteiger partial charge < -0.3 is 10.2 Å². The van der Waals surface area contributed by atoms with Crippen molar-refractivity contribution in [2.75, 3.05) is 18.5 Å². The van der Waals surface area contributed by atoms with Gasteiger partial charge in [0.25, 0.3) is 0 Å². The molecule has 0 aliphatic carbocycles. The van der Waals surface area contributed by atoms with Gasteiger partial charge in [0.1, 0.15) is 0 Å². The highest BCUT2D eigenvalue weighted by Gasteiger charge is 2.20. The van der Waals surface area contributed by atoms with Crippen molar-refractivity contribution in [3.8, 4) is 0 Å². The maximum atomic E-state index is 4.80. The lowest BCUT2D eigenvalue weighted by atomic mass is 10.1. The number of para-hydroxylation sites is 1. The Morgan fingerprint density at radius 3 is 3.00 bits per heavy atom. The molecular weight excluding hydrogens is 266 g/mol. The predicted octanol–water partition coefficient (Wildman–Crippen LogP) is 3.65. The summed E-state index contributed by atoms with van der Waals surface area (Å²) >= 11 is 1.82. The van der Waals surface area contributed by atoms with Crippen molar-refractivity contribution in [1.29, 1.82) is 0 Å². The third kappa shape index (κ3) is 2.58. The van der Waals surface area contributed by atoms with Crippen LogP contribution in [0.2, 0.25) is 0 Å². The fourth-order valence-electron chi connectivity index (χ4n) is 2.74. The summed E-state index contributed by atoms with van der Waals surface area (Å²) < 4.78 is 0. The molecule has 20 heavy (non-hydrogen) atoms. The molecule has 106 valence electrons. The Hall–Kier alpha value is -1.39. The Labute approximate surface area is 124 Å². The van der Waals surface area contributed by atoms with Crippen LogP contribution in [0.3, 0.4) is 0 Å². The molecule has 3 rings (SSSR count). The van der Waals surface area contributed by atoms with E-state index in [1.165, 1.54) is 35.4 Å². The van der Waals surface area contributed by atoms with Gasteiger partial charge in [-0.1, -0.05) is 29.5 Å². The van der Waals surface area contributed by atoms with E-state index in [0.29, 0.717) is 0 Å². The topological polar surface area (TPSA) is 28.2 Å². The van der Waals surface area contributed by atoms with Crippen molar-refractivity contribution in [2.45, 2.75) is 32.7 Å². The number of rotatable bonds is 3. The Morgan fingerprint density at radius 1 is 1.30 bits per heavy atom. The van der Waals surface area contributed by atoms with Crippen molar-refractivity contribution < 1.29 is 0 Å². The third-order valence-electron chi connectivity index (χ3n) is 3.81. The fourth-order valence-corrected chi connectivity index (χ4v) is 3.86. The second-order valence-corrected chi connectivity index (χ2v) is 6.33. The minimum Gasteiger partial charge on any atom is -0.318 e. The van der Waals surface area contributed by atoms with E-state index in [1.807, 2.05) is 18.4 Å². The summed E-state index contributed by atoms with van der Waals surface area (Å²) in [6.07, 6.45) is 3.68. The van der Waals surface area contributed by atoms with Gasteiger partial charge in [0.05, 0.1) is 5.69 Å². The minimum absolute atomic E-state index is 0.902. The average Bonchev–Trinajstić information content (AvgIpc) is 2.70. The number of nitrogens with zero attached hydrogens (tertiary/aromatic N) is 2. The fraction of sp³-hybridized carbons (Fsp3) is 0.438. The van der Waals surface area contributed by atoms with E-state index in [2.05, 4.69) is 41.4 Å². The number of hydrogen-bond acceptors (Lipinski definition) is 4. The van der Waals surface area contributed by atoms with Gasteiger partial charge in [0.15, 0.2) is 5.13 Å². The molecule has 2 heterocycles. The van der Waals surface area contributed by atoms with Gasteiger partial charge >= 0.3 is 0 Å². The van der Waals surface area contributed by atoms with Crippen LogP contribution in [0, 0.1) is 6.92 Å². The first-order chi connectivity index (χ1) is 9.79. The normalized spacial score (nSPS) is 15.0. The van der Waals surface area contributed by atoms with Crippen LogP contribution in [0.15, 0.2) is 24.3 Å². The van der Waals surface area contributed by atoms with Gasteiger partial charge in [-0.15, -0.1) is 0 Å². The molecule has 1 N–H and O–H groups in total. The maximum absolute atomic E-state index is 4.80. The molecule has 0 saturated heterocycles. The van der Waals surface area contributed by atoms with Crippen LogP contribution < -0.4 is 10.2 Å². The lowest BCUT2D eigenvalue weighted by Crippen LogP contribution is -2.17. The number of aryl methyl sites for hydroxylation is 2. The molecule has 0 saturated carbocycles. The molecule has 4 heteroatoms. The maximum Gasteiger partial charge on any atom is 0.190 e. The van der Waals surface area contributed by atoms with E-state index in [1.54, 1.807) is 0 Å². The molecule has 0 radical (unpaired) electrons. The molecule has 1 aromatic heterocycles. The van der Waals surface area contributed by atoms with Gasteiger partial charge in [-0.2, -0.15) is 0 Å². The molecular formula is C16H21N3S. The molecule has 0 fully saturated rings. The zero-order chi connectivity index (χ0) is 13.9. The molecule has 0 amide bonds. The van der Waals surface area contributed by atoms with E-state index in [9.17, 15) is 0 Å². The highest BCUT2D eigenvalue weighted by Crippen LogP contribution is 2.35. The summed E-state index contributed by atoms with van der Waals surface area (Å²) in [5.74, 6) is 0. The van der Waals surface area contributed by atoms with Crippen molar-refractivity contribution in [3.63, 3.8) is 0 Å². The molecule has 0 atom stereocenters. The number of fused-ring (bicyclic) bond motifs is 1. The Kier molecular flexibility index (Phi) is 4.03. The van der Waals surface area contributed by atoms with Crippen LogP contribution in [0.25, 0.3) is 0 Å². The molecule has 0 bridgehead atoms. The zero-order valence-electron chi connectivity index (χ0n) is 12.1.